The number of nitrogens with one attached hydrogen (secondary N) is 1. The largest absolute Gasteiger partial charge is 0.490 e. The average Bonchev–Trinajstić information content (AvgIpc) is 3.35. The van der Waals surface area contributed by atoms with Crippen LogP contribution in [0.25, 0.3) is 22.7 Å². The molecule has 10 nitrogen and oxygen atoms in total. The van der Waals surface area contributed by atoms with Crippen LogP contribution >= 0.6 is 0 Å². The fraction of sp³-hybridized carbons (Fsp3) is 0.400. The number of carboxylic acids is 2. The summed E-state index contributed by atoms with van der Waals surface area (Å²) in [6, 6.07) is 16.3. The number of carbonyl (C=O) groups is 2. The number of piperidine rings is 2. The van der Waals surface area contributed by atoms with Crippen molar-refractivity contribution in [3.05, 3.63) is 65.4 Å². The van der Waals surface area contributed by atoms with Gasteiger partial charge in [0.15, 0.2) is 0 Å². The lowest BCUT2D eigenvalue weighted by Crippen LogP contribution is -2.36. The molecule has 1 aromatic heterocycles. The average molecular weight is 602 g/mol. The Hall–Kier alpha value is -4.25. The summed E-state index contributed by atoms with van der Waals surface area (Å²) in [7, 11) is 0. The third-order valence-corrected chi connectivity index (χ3v) is 7.49. The summed E-state index contributed by atoms with van der Waals surface area (Å²) in [4.78, 5) is 22.0. The predicted octanol–water partition coefficient (Wildman–Crippen LogP) is 3.98. The van der Waals surface area contributed by atoms with Crippen molar-refractivity contribution in [2.24, 2.45) is 5.92 Å². The van der Waals surface area contributed by atoms with Crippen molar-refractivity contribution >= 4 is 28.9 Å². The maximum atomic E-state index is 11.1. The molecule has 230 valence electrons. The van der Waals surface area contributed by atoms with E-state index >= 15 is 0 Å². The van der Waals surface area contributed by atoms with Gasteiger partial charge in [-0.05, 0) is 93.7 Å². The minimum Gasteiger partial charge on any atom is -0.480 e. The number of hydrogen-bond donors (Lipinski definition) is 3. The highest BCUT2D eigenvalue weighted by atomic mass is 19.4. The molecule has 43 heavy (non-hydrogen) atoms. The number of nitrogens with zero attached hydrogens (tertiary/aromatic N) is 4. The van der Waals surface area contributed by atoms with Crippen LogP contribution in [0.5, 0.6) is 0 Å². The van der Waals surface area contributed by atoms with Gasteiger partial charge in [0.1, 0.15) is 0 Å². The molecule has 0 unspecified atom stereocenters. The summed E-state index contributed by atoms with van der Waals surface area (Å²) in [5.74, 6) is -2.63. The molecule has 0 radical (unpaired) electrons. The Morgan fingerprint density at radius 2 is 1.67 bits per heavy atom. The molecule has 2 aliphatic heterocycles. The summed E-state index contributed by atoms with van der Waals surface area (Å²) in [5.41, 5.74) is 4.86. The number of halogens is 3. The molecular weight excluding hydrogens is 567 g/mol. The molecule has 0 bridgehead atoms. The fourth-order valence-electron chi connectivity index (χ4n) is 5.27. The van der Waals surface area contributed by atoms with Gasteiger partial charge in [-0.25, -0.2) is 9.48 Å². The molecule has 3 aromatic rings. The lowest BCUT2D eigenvalue weighted by Gasteiger charge is -2.30. The minimum absolute atomic E-state index is 0. The van der Waals surface area contributed by atoms with Crippen LogP contribution in [-0.4, -0.2) is 81.2 Å². The van der Waals surface area contributed by atoms with Gasteiger partial charge in [0.05, 0.1) is 35.1 Å². The Kier molecular flexibility index (Phi) is 11.4. The standard InChI is InChI=1S/C28H31N5O2.C2HF3O2.H2O/c29-18-22-3-6-24(7-4-22)33-26-17-21(2-1-20-9-13-30-14-10-20)5-8-25(26)28(31-33)23-11-15-32(16-12-23)19-27(34)35;3-2(4,5)1(6)7;/h1-8,17,20,23,30H,9-16,19H2,(H,34,35);(H,6,7);1H2/b2-1+;;. The molecule has 2 fully saturated rings. The van der Waals surface area contributed by atoms with Gasteiger partial charge in [-0.3, -0.25) is 9.69 Å². The highest BCUT2D eigenvalue weighted by Gasteiger charge is 2.38. The lowest BCUT2D eigenvalue weighted by atomic mass is 9.91. The zero-order valence-electron chi connectivity index (χ0n) is 23.3. The molecular formula is C30H34F3N5O5. The number of rotatable bonds is 6. The van der Waals surface area contributed by atoms with Crippen LogP contribution in [0.15, 0.2) is 48.5 Å². The van der Waals surface area contributed by atoms with E-state index in [1.165, 1.54) is 12.8 Å². The maximum Gasteiger partial charge on any atom is 0.490 e. The molecule has 0 amide bonds. The summed E-state index contributed by atoms with van der Waals surface area (Å²) >= 11 is 0. The number of allylic oxidation sites excluding steroid dienone is 1. The third kappa shape index (κ3) is 8.87. The number of fused-ring (bicyclic) bond motifs is 1. The number of carboxylic acid groups (broad SMARTS) is 2. The van der Waals surface area contributed by atoms with Crippen molar-refractivity contribution in [3.8, 4) is 11.8 Å². The molecule has 0 saturated carbocycles. The molecule has 5 rings (SSSR count). The van der Waals surface area contributed by atoms with E-state index in [0.717, 1.165) is 66.9 Å². The minimum atomic E-state index is -5.08. The zero-order chi connectivity index (χ0) is 30.3. The van der Waals surface area contributed by atoms with E-state index in [4.69, 9.17) is 20.1 Å². The molecule has 13 heteroatoms. The Balaban J connectivity index is 0.000000567. The first-order valence-corrected chi connectivity index (χ1v) is 13.7. The van der Waals surface area contributed by atoms with Crippen LogP contribution in [0.3, 0.4) is 0 Å². The van der Waals surface area contributed by atoms with Gasteiger partial charge >= 0.3 is 18.1 Å². The lowest BCUT2D eigenvalue weighted by molar-refractivity contribution is -0.192. The first-order chi connectivity index (χ1) is 20.0. The van der Waals surface area contributed by atoms with Gasteiger partial charge in [-0.1, -0.05) is 24.3 Å². The van der Waals surface area contributed by atoms with Gasteiger partial charge in [0.2, 0.25) is 0 Å². The first-order valence-electron chi connectivity index (χ1n) is 13.7. The molecule has 2 aliphatic rings. The van der Waals surface area contributed by atoms with Crippen molar-refractivity contribution in [1.29, 1.82) is 5.26 Å². The van der Waals surface area contributed by atoms with Gasteiger partial charge < -0.3 is 21.0 Å². The van der Waals surface area contributed by atoms with Crippen LogP contribution in [-0.2, 0) is 9.59 Å². The van der Waals surface area contributed by atoms with Gasteiger partial charge in [-0.2, -0.15) is 23.5 Å². The Labute approximate surface area is 246 Å². The first kappa shape index (κ1) is 33.3. The molecule has 5 N–H and O–H groups in total. The topological polar surface area (TPSA) is 163 Å². The molecule has 3 heterocycles. The van der Waals surface area contributed by atoms with Crippen molar-refractivity contribution in [2.45, 2.75) is 37.8 Å². The Morgan fingerprint density at radius 1 is 1.05 bits per heavy atom. The van der Waals surface area contributed by atoms with Crippen LogP contribution in [0.2, 0.25) is 0 Å². The van der Waals surface area contributed by atoms with Crippen molar-refractivity contribution < 1.29 is 38.4 Å². The zero-order valence-corrected chi connectivity index (χ0v) is 23.3. The molecule has 2 saturated heterocycles. The van der Waals surface area contributed by atoms with Gasteiger partial charge in [0, 0.05) is 11.3 Å². The second kappa shape index (κ2) is 14.8. The van der Waals surface area contributed by atoms with E-state index in [1.807, 2.05) is 33.8 Å². The Bertz CT molecular complexity index is 1470. The van der Waals surface area contributed by atoms with E-state index in [0.29, 0.717) is 17.4 Å². The molecule has 0 spiro atoms. The normalized spacial score (nSPS) is 16.7. The molecule has 2 aromatic carbocycles. The summed E-state index contributed by atoms with van der Waals surface area (Å²) < 4.78 is 33.7. The third-order valence-electron chi connectivity index (χ3n) is 7.49. The SMILES string of the molecule is N#Cc1ccc(-n2nc(C3CCN(CC(=O)O)CC3)c3ccc(/C=C/C4CCNCC4)cc32)cc1.O.O=C(O)C(F)(F)F. The second-order valence-electron chi connectivity index (χ2n) is 10.4. The fourth-order valence-corrected chi connectivity index (χ4v) is 5.27. The Morgan fingerprint density at radius 3 is 2.23 bits per heavy atom. The number of hydrogen-bond acceptors (Lipinski definition) is 6. The number of benzene rings is 2. The van der Waals surface area contributed by atoms with Crippen LogP contribution in [0, 0.1) is 17.2 Å². The van der Waals surface area contributed by atoms with Gasteiger partial charge in [0.25, 0.3) is 0 Å². The quantitative estimate of drug-likeness (QED) is 0.382. The number of aliphatic carboxylic acids is 2. The van der Waals surface area contributed by atoms with Crippen LogP contribution in [0.4, 0.5) is 13.2 Å². The van der Waals surface area contributed by atoms with Crippen molar-refractivity contribution in [3.63, 3.8) is 0 Å². The van der Waals surface area contributed by atoms with Gasteiger partial charge in [-0.15, -0.1) is 0 Å². The molecule has 0 atom stereocenters. The predicted molar refractivity (Wildman–Crippen MR) is 154 cm³/mol. The van der Waals surface area contributed by atoms with E-state index < -0.39 is 18.1 Å². The van der Waals surface area contributed by atoms with E-state index in [2.05, 4.69) is 41.7 Å². The highest BCUT2D eigenvalue weighted by molar-refractivity contribution is 5.86. The number of aromatic nitrogens is 2. The van der Waals surface area contributed by atoms with Crippen LogP contribution < -0.4 is 5.32 Å². The van der Waals surface area contributed by atoms with E-state index in [-0.39, 0.29) is 12.0 Å². The highest BCUT2D eigenvalue weighted by Crippen LogP contribution is 2.34. The summed E-state index contributed by atoms with van der Waals surface area (Å²) in [5, 5.41) is 35.1. The smallest absolute Gasteiger partial charge is 0.480 e. The van der Waals surface area contributed by atoms with E-state index in [9.17, 15) is 23.2 Å². The maximum absolute atomic E-state index is 11.1. The van der Waals surface area contributed by atoms with E-state index in [1.54, 1.807) is 0 Å². The monoisotopic (exact) mass is 601 g/mol. The van der Waals surface area contributed by atoms with Crippen molar-refractivity contribution in [1.82, 2.24) is 20.0 Å². The van der Waals surface area contributed by atoms with Crippen molar-refractivity contribution in [2.75, 3.05) is 32.7 Å². The summed E-state index contributed by atoms with van der Waals surface area (Å²) in [6.45, 7) is 3.78. The summed E-state index contributed by atoms with van der Waals surface area (Å²) in [6.07, 6.45) is 3.62. The van der Waals surface area contributed by atoms with Crippen LogP contribution in [0.1, 0.15) is 48.4 Å². The molecule has 0 aliphatic carbocycles. The second-order valence-corrected chi connectivity index (χ2v) is 10.4. The number of nitriles is 1. The number of likely N-dealkylation sites (tertiary alicyclic amines) is 1. The number of alkyl halides is 3.